The number of esters is 5. The van der Waals surface area contributed by atoms with E-state index in [2.05, 4.69) is 0 Å². The Morgan fingerprint density at radius 2 is 1.07 bits per heavy atom. The van der Waals surface area contributed by atoms with Gasteiger partial charge in [-0.3, -0.25) is 24.0 Å². The van der Waals surface area contributed by atoms with Crippen LogP contribution in [0.5, 0.6) is 0 Å². The Bertz CT molecular complexity index is 599. The lowest BCUT2D eigenvalue weighted by molar-refractivity contribution is -0.300. The second kappa shape index (κ2) is 9.86. The lowest BCUT2D eigenvalue weighted by atomic mass is 9.98. The molecule has 1 rings (SSSR count). The van der Waals surface area contributed by atoms with Gasteiger partial charge in [0.2, 0.25) is 12.4 Å². The topological polar surface area (TPSA) is 141 Å². The van der Waals surface area contributed by atoms with Crippen LogP contribution < -0.4 is 0 Å². The first kappa shape index (κ1) is 22.4. The standard InChI is InChI=1S/C16H22O11/c1-7(17)22-6-12-13(23-8(2)18)14(24-9(3)19)15(25-10(4)20)16(27-12)26-11(5)21/h12-16H,6H2,1-5H3/t12?,13-,14?,15?,16?/m0/s1. The molecule has 1 aliphatic rings. The minimum absolute atomic E-state index is 0.393. The molecular weight excluding hydrogens is 368 g/mol. The van der Waals surface area contributed by atoms with E-state index in [0.717, 1.165) is 34.6 Å². The summed E-state index contributed by atoms with van der Waals surface area (Å²) in [7, 11) is 0. The number of hydrogen-bond donors (Lipinski definition) is 0. The molecule has 0 aromatic carbocycles. The smallest absolute Gasteiger partial charge is 0.305 e. The van der Waals surface area contributed by atoms with Gasteiger partial charge in [-0.2, -0.15) is 0 Å². The van der Waals surface area contributed by atoms with Crippen molar-refractivity contribution in [3.63, 3.8) is 0 Å². The van der Waals surface area contributed by atoms with Crippen molar-refractivity contribution in [2.45, 2.75) is 65.3 Å². The maximum Gasteiger partial charge on any atom is 0.305 e. The molecule has 152 valence electrons. The molecule has 1 fully saturated rings. The molecule has 0 bridgehead atoms. The van der Waals surface area contributed by atoms with Gasteiger partial charge in [-0.1, -0.05) is 0 Å². The van der Waals surface area contributed by atoms with Gasteiger partial charge in [0, 0.05) is 34.6 Å². The van der Waals surface area contributed by atoms with Crippen LogP contribution in [0.3, 0.4) is 0 Å². The van der Waals surface area contributed by atoms with Crippen LogP contribution in [0.1, 0.15) is 34.6 Å². The first-order valence-electron chi connectivity index (χ1n) is 7.99. The van der Waals surface area contributed by atoms with E-state index in [0.29, 0.717) is 0 Å². The van der Waals surface area contributed by atoms with Crippen molar-refractivity contribution < 1.29 is 52.4 Å². The van der Waals surface area contributed by atoms with Gasteiger partial charge in [0.25, 0.3) is 0 Å². The third-order valence-electron chi connectivity index (χ3n) is 3.23. The maximum atomic E-state index is 11.5. The van der Waals surface area contributed by atoms with Crippen LogP contribution >= 0.6 is 0 Å². The van der Waals surface area contributed by atoms with Gasteiger partial charge in [0.15, 0.2) is 12.2 Å². The highest BCUT2D eigenvalue weighted by molar-refractivity contribution is 5.69. The minimum Gasteiger partial charge on any atom is -0.463 e. The van der Waals surface area contributed by atoms with Crippen molar-refractivity contribution in [3.8, 4) is 0 Å². The van der Waals surface area contributed by atoms with Gasteiger partial charge >= 0.3 is 29.8 Å². The third kappa shape index (κ3) is 7.21. The Hall–Kier alpha value is -2.69. The molecule has 0 saturated carbocycles. The van der Waals surface area contributed by atoms with E-state index in [1.54, 1.807) is 0 Å². The number of hydrogen-bond acceptors (Lipinski definition) is 11. The molecule has 0 aromatic rings. The fraction of sp³-hybridized carbons (Fsp3) is 0.688. The molecule has 0 radical (unpaired) electrons. The van der Waals surface area contributed by atoms with Crippen molar-refractivity contribution in [3.05, 3.63) is 0 Å². The largest absolute Gasteiger partial charge is 0.463 e. The van der Waals surface area contributed by atoms with Gasteiger partial charge in [0.1, 0.15) is 12.7 Å². The Morgan fingerprint density at radius 1 is 0.630 bits per heavy atom. The summed E-state index contributed by atoms with van der Waals surface area (Å²) in [5.74, 6) is -3.71. The van der Waals surface area contributed by atoms with Gasteiger partial charge < -0.3 is 28.4 Å². The number of ether oxygens (including phenoxy) is 6. The second-order valence-corrected chi connectivity index (χ2v) is 5.68. The van der Waals surface area contributed by atoms with Crippen molar-refractivity contribution in [2.24, 2.45) is 0 Å². The molecule has 0 aliphatic carbocycles. The van der Waals surface area contributed by atoms with E-state index in [1.807, 2.05) is 0 Å². The molecule has 0 spiro atoms. The van der Waals surface area contributed by atoms with Gasteiger partial charge in [-0.15, -0.1) is 0 Å². The summed E-state index contributed by atoms with van der Waals surface area (Å²) in [6.45, 7) is 5.13. The first-order valence-corrected chi connectivity index (χ1v) is 7.99. The van der Waals surface area contributed by atoms with Gasteiger partial charge in [0.05, 0.1) is 0 Å². The number of carbonyl (C=O) groups excluding carboxylic acids is 5. The molecule has 11 heteroatoms. The molecule has 27 heavy (non-hydrogen) atoms. The van der Waals surface area contributed by atoms with Crippen LogP contribution in [0.2, 0.25) is 0 Å². The van der Waals surface area contributed by atoms with Gasteiger partial charge in [-0.05, 0) is 0 Å². The highest BCUT2D eigenvalue weighted by Gasteiger charge is 2.53. The molecule has 11 nitrogen and oxygen atoms in total. The Morgan fingerprint density at radius 3 is 1.52 bits per heavy atom. The van der Waals surface area contributed by atoms with Crippen LogP contribution in [-0.4, -0.2) is 67.2 Å². The summed E-state index contributed by atoms with van der Waals surface area (Å²) in [4.78, 5) is 57.0. The molecule has 1 aliphatic heterocycles. The van der Waals surface area contributed by atoms with Gasteiger partial charge in [-0.25, -0.2) is 0 Å². The molecule has 4 unspecified atom stereocenters. The normalized spacial score (nSPS) is 27.1. The summed E-state index contributed by atoms with van der Waals surface area (Å²) in [6.07, 6.45) is -6.70. The fourth-order valence-electron chi connectivity index (χ4n) is 2.45. The first-order chi connectivity index (χ1) is 12.5. The van der Waals surface area contributed by atoms with Crippen molar-refractivity contribution in [1.82, 2.24) is 0 Å². The number of carbonyl (C=O) groups is 5. The summed E-state index contributed by atoms with van der Waals surface area (Å²) < 4.78 is 30.8. The lowest BCUT2D eigenvalue weighted by Gasteiger charge is -2.43. The second-order valence-electron chi connectivity index (χ2n) is 5.68. The monoisotopic (exact) mass is 390 g/mol. The summed E-state index contributed by atoms with van der Waals surface area (Å²) in [5.41, 5.74) is 0. The molecule has 1 heterocycles. The van der Waals surface area contributed by atoms with Crippen LogP contribution in [0.15, 0.2) is 0 Å². The molecule has 0 aromatic heterocycles. The van der Waals surface area contributed by atoms with E-state index >= 15 is 0 Å². The minimum atomic E-state index is -1.48. The Labute approximate surface area is 155 Å². The Kier molecular flexibility index (Phi) is 8.16. The summed E-state index contributed by atoms with van der Waals surface area (Å²) in [6, 6.07) is 0. The fourth-order valence-corrected chi connectivity index (χ4v) is 2.45. The van der Waals surface area contributed by atoms with E-state index in [9.17, 15) is 24.0 Å². The molecule has 0 amide bonds. The van der Waals surface area contributed by atoms with Crippen LogP contribution in [-0.2, 0) is 52.4 Å². The Balaban J connectivity index is 3.29. The van der Waals surface area contributed by atoms with Crippen LogP contribution in [0, 0.1) is 0 Å². The quantitative estimate of drug-likeness (QED) is 0.433. The zero-order valence-corrected chi connectivity index (χ0v) is 15.6. The maximum absolute atomic E-state index is 11.5. The average Bonchev–Trinajstić information content (AvgIpc) is 2.49. The zero-order valence-electron chi connectivity index (χ0n) is 15.6. The van der Waals surface area contributed by atoms with Crippen LogP contribution in [0.4, 0.5) is 0 Å². The average molecular weight is 390 g/mol. The summed E-state index contributed by atoms with van der Waals surface area (Å²) in [5, 5.41) is 0. The van der Waals surface area contributed by atoms with E-state index < -0.39 is 67.2 Å². The lowest BCUT2D eigenvalue weighted by Crippen LogP contribution is -2.63. The van der Waals surface area contributed by atoms with Crippen molar-refractivity contribution in [1.29, 1.82) is 0 Å². The van der Waals surface area contributed by atoms with E-state index in [1.165, 1.54) is 0 Å². The SMILES string of the molecule is CC(=O)OCC1OC(OC(C)=O)C(OC(C)=O)C(OC(C)=O)[C@H]1OC(C)=O. The van der Waals surface area contributed by atoms with E-state index in [4.69, 9.17) is 28.4 Å². The predicted octanol–water partition coefficient (Wildman–Crippen LogP) is -0.367. The zero-order chi connectivity index (χ0) is 20.7. The van der Waals surface area contributed by atoms with Crippen molar-refractivity contribution >= 4 is 29.8 Å². The highest BCUT2D eigenvalue weighted by Crippen LogP contribution is 2.29. The molecule has 5 atom stereocenters. The summed E-state index contributed by atoms with van der Waals surface area (Å²) >= 11 is 0. The molecule has 1 saturated heterocycles. The highest BCUT2D eigenvalue weighted by atomic mass is 16.7. The van der Waals surface area contributed by atoms with Crippen LogP contribution in [0.25, 0.3) is 0 Å². The molecule has 0 N–H and O–H groups in total. The predicted molar refractivity (Wildman–Crippen MR) is 83.7 cm³/mol. The molecular formula is C16H22O11. The third-order valence-corrected chi connectivity index (χ3v) is 3.23. The number of rotatable bonds is 6. The van der Waals surface area contributed by atoms with Crippen molar-refractivity contribution in [2.75, 3.05) is 6.61 Å². The van der Waals surface area contributed by atoms with E-state index in [-0.39, 0.29) is 0 Å².